The zero-order valence-electron chi connectivity index (χ0n) is 12.4. The van der Waals surface area contributed by atoms with Crippen molar-refractivity contribution in [3.63, 3.8) is 0 Å². The van der Waals surface area contributed by atoms with E-state index in [0.29, 0.717) is 6.61 Å². The fourth-order valence-electron chi connectivity index (χ4n) is 3.43. The third-order valence-electron chi connectivity index (χ3n) is 4.42. The standard InChI is InChI=1S/C14H27N3OS/c1-11(10-18-3)15-14(19)17-8-6-13-12(9-17)5-4-7-16(13)2/h11-13H,4-10H2,1-3H3,(H,15,19). The summed E-state index contributed by atoms with van der Waals surface area (Å²) in [5.41, 5.74) is 0. The highest BCUT2D eigenvalue weighted by molar-refractivity contribution is 7.80. The molecular weight excluding hydrogens is 258 g/mol. The highest BCUT2D eigenvalue weighted by Gasteiger charge is 2.34. The molecular formula is C14H27N3OS. The Morgan fingerprint density at radius 2 is 2.21 bits per heavy atom. The number of hydrogen-bond acceptors (Lipinski definition) is 3. The van der Waals surface area contributed by atoms with Crippen molar-refractivity contribution in [2.45, 2.75) is 38.3 Å². The molecule has 110 valence electrons. The highest BCUT2D eigenvalue weighted by atomic mass is 32.1. The molecule has 0 spiro atoms. The van der Waals surface area contributed by atoms with Crippen LogP contribution in [0.5, 0.6) is 0 Å². The molecule has 0 aromatic rings. The van der Waals surface area contributed by atoms with Gasteiger partial charge >= 0.3 is 0 Å². The minimum absolute atomic E-state index is 0.282. The normalized spacial score (nSPS) is 29.7. The van der Waals surface area contributed by atoms with E-state index in [4.69, 9.17) is 17.0 Å². The number of hydrogen-bond donors (Lipinski definition) is 1. The molecule has 2 rings (SSSR count). The van der Waals surface area contributed by atoms with Gasteiger partial charge in [-0.2, -0.15) is 0 Å². The van der Waals surface area contributed by atoms with Gasteiger partial charge < -0.3 is 19.9 Å². The first-order valence-electron chi connectivity index (χ1n) is 7.36. The number of likely N-dealkylation sites (tertiary alicyclic amines) is 2. The van der Waals surface area contributed by atoms with Crippen molar-refractivity contribution in [3.05, 3.63) is 0 Å². The summed E-state index contributed by atoms with van der Waals surface area (Å²) in [7, 11) is 3.99. The van der Waals surface area contributed by atoms with E-state index in [1.807, 2.05) is 0 Å². The lowest BCUT2D eigenvalue weighted by Gasteiger charge is -2.46. The molecule has 2 aliphatic rings. The maximum absolute atomic E-state index is 5.53. The second-order valence-electron chi connectivity index (χ2n) is 5.99. The van der Waals surface area contributed by atoms with Crippen LogP contribution in [0.1, 0.15) is 26.2 Å². The van der Waals surface area contributed by atoms with Gasteiger partial charge in [0.2, 0.25) is 0 Å². The number of ether oxygens (including phenoxy) is 1. The van der Waals surface area contributed by atoms with Crippen LogP contribution in [0.15, 0.2) is 0 Å². The molecule has 2 fully saturated rings. The smallest absolute Gasteiger partial charge is 0.169 e. The predicted octanol–water partition coefficient (Wildman–Crippen LogP) is 1.31. The van der Waals surface area contributed by atoms with E-state index in [0.717, 1.165) is 30.2 Å². The number of nitrogens with zero attached hydrogens (tertiary/aromatic N) is 2. The average Bonchev–Trinajstić information content (AvgIpc) is 2.38. The molecule has 4 nitrogen and oxygen atoms in total. The van der Waals surface area contributed by atoms with Crippen molar-refractivity contribution < 1.29 is 4.74 Å². The zero-order chi connectivity index (χ0) is 13.8. The van der Waals surface area contributed by atoms with E-state index in [1.54, 1.807) is 7.11 Å². The number of nitrogens with one attached hydrogen (secondary N) is 1. The first-order chi connectivity index (χ1) is 9.11. The number of thiocarbonyl (C=S) groups is 1. The number of fused-ring (bicyclic) bond motifs is 1. The van der Waals surface area contributed by atoms with Crippen LogP contribution in [-0.4, -0.2) is 67.4 Å². The van der Waals surface area contributed by atoms with Crippen molar-refractivity contribution in [2.24, 2.45) is 5.92 Å². The fraction of sp³-hybridized carbons (Fsp3) is 0.929. The molecule has 2 saturated heterocycles. The van der Waals surface area contributed by atoms with Gasteiger partial charge in [0.05, 0.1) is 6.61 Å². The fourth-order valence-corrected chi connectivity index (χ4v) is 3.80. The lowest BCUT2D eigenvalue weighted by molar-refractivity contribution is 0.0624. The van der Waals surface area contributed by atoms with Gasteiger partial charge in [0.1, 0.15) is 0 Å². The quantitative estimate of drug-likeness (QED) is 0.789. The largest absolute Gasteiger partial charge is 0.383 e. The summed E-state index contributed by atoms with van der Waals surface area (Å²) in [5.74, 6) is 0.782. The second kappa shape index (κ2) is 6.86. The van der Waals surface area contributed by atoms with Gasteiger partial charge in [0, 0.05) is 32.3 Å². The number of rotatable bonds is 3. The van der Waals surface area contributed by atoms with Gasteiger partial charge in [-0.25, -0.2) is 0 Å². The molecule has 5 heteroatoms. The molecule has 0 aromatic heterocycles. The van der Waals surface area contributed by atoms with Crippen LogP contribution in [0.25, 0.3) is 0 Å². The molecule has 3 atom stereocenters. The lowest BCUT2D eigenvalue weighted by Crippen LogP contribution is -2.56. The van der Waals surface area contributed by atoms with E-state index in [-0.39, 0.29) is 6.04 Å². The third-order valence-corrected chi connectivity index (χ3v) is 4.80. The van der Waals surface area contributed by atoms with Crippen LogP contribution in [0, 0.1) is 5.92 Å². The van der Waals surface area contributed by atoms with E-state index >= 15 is 0 Å². The first-order valence-corrected chi connectivity index (χ1v) is 7.77. The van der Waals surface area contributed by atoms with Gasteiger partial charge in [-0.15, -0.1) is 0 Å². The summed E-state index contributed by atoms with van der Waals surface area (Å²) in [4.78, 5) is 4.89. The maximum Gasteiger partial charge on any atom is 0.169 e. The van der Waals surface area contributed by atoms with Crippen molar-refractivity contribution >= 4 is 17.3 Å². The Bertz CT molecular complexity index is 313. The number of piperidine rings is 2. The van der Waals surface area contributed by atoms with Gasteiger partial charge in [-0.1, -0.05) is 0 Å². The maximum atomic E-state index is 5.53. The molecule has 1 N–H and O–H groups in total. The topological polar surface area (TPSA) is 27.7 Å². The molecule has 3 unspecified atom stereocenters. The summed E-state index contributed by atoms with van der Waals surface area (Å²) in [6, 6.07) is 1.05. The van der Waals surface area contributed by atoms with E-state index in [2.05, 4.69) is 29.1 Å². The Labute approximate surface area is 122 Å². The highest BCUT2D eigenvalue weighted by Crippen LogP contribution is 2.29. The van der Waals surface area contributed by atoms with Crippen molar-refractivity contribution in [2.75, 3.05) is 40.4 Å². The molecule has 0 amide bonds. The Morgan fingerprint density at radius 1 is 1.42 bits per heavy atom. The van der Waals surface area contributed by atoms with Crippen LogP contribution < -0.4 is 5.32 Å². The molecule has 0 aliphatic carbocycles. The zero-order valence-corrected chi connectivity index (χ0v) is 13.2. The van der Waals surface area contributed by atoms with Gasteiger partial charge in [0.15, 0.2) is 5.11 Å². The van der Waals surface area contributed by atoms with Crippen LogP contribution >= 0.6 is 12.2 Å². The molecule has 0 bridgehead atoms. The molecule has 0 aromatic carbocycles. The van der Waals surface area contributed by atoms with Gasteiger partial charge in [-0.05, 0) is 57.9 Å². The van der Waals surface area contributed by atoms with Crippen LogP contribution in [-0.2, 0) is 4.74 Å². The Hall–Kier alpha value is -0.390. The predicted molar refractivity (Wildman–Crippen MR) is 82.4 cm³/mol. The van der Waals surface area contributed by atoms with Gasteiger partial charge in [0.25, 0.3) is 0 Å². The SMILES string of the molecule is COCC(C)NC(=S)N1CCC2C(CCCN2C)C1. The molecule has 2 heterocycles. The summed E-state index contributed by atoms with van der Waals surface area (Å²) in [6.45, 7) is 6.26. The van der Waals surface area contributed by atoms with Crippen LogP contribution in [0.4, 0.5) is 0 Å². The van der Waals surface area contributed by atoms with E-state index in [9.17, 15) is 0 Å². The van der Waals surface area contributed by atoms with Gasteiger partial charge in [-0.3, -0.25) is 0 Å². The number of methoxy groups -OCH3 is 1. The molecule has 19 heavy (non-hydrogen) atoms. The average molecular weight is 285 g/mol. The minimum atomic E-state index is 0.282. The van der Waals surface area contributed by atoms with Crippen LogP contribution in [0.3, 0.4) is 0 Å². The Balaban J connectivity index is 1.84. The second-order valence-corrected chi connectivity index (χ2v) is 6.38. The van der Waals surface area contributed by atoms with Crippen LogP contribution in [0.2, 0.25) is 0 Å². The monoisotopic (exact) mass is 285 g/mol. The minimum Gasteiger partial charge on any atom is -0.383 e. The van der Waals surface area contributed by atoms with E-state index < -0.39 is 0 Å². The lowest BCUT2D eigenvalue weighted by atomic mass is 9.84. The van der Waals surface area contributed by atoms with Crippen molar-refractivity contribution in [1.82, 2.24) is 15.1 Å². The molecule has 2 aliphatic heterocycles. The summed E-state index contributed by atoms with van der Waals surface area (Å²) in [6.07, 6.45) is 3.91. The summed E-state index contributed by atoms with van der Waals surface area (Å²) in [5, 5.41) is 4.28. The van der Waals surface area contributed by atoms with Crippen molar-refractivity contribution in [1.29, 1.82) is 0 Å². The Morgan fingerprint density at radius 3 is 2.95 bits per heavy atom. The summed E-state index contributed by atoms with van der Waals surface area (Å²) < 4.78 is 5.14. The Kier molecular flexibility index (Phi) is 5.42. The third kappa shape index (κ3) is 3.80. The molecule has 0 saturated carbocycles. The van der Waals surface area contributed by atoms with Crippen molar-refractivity contribution in [3.8, 4) is 0 Å². The first kappa shape index (κ1) is 15.0. The van der Waals surface area contributed by atoms with E-state index in [1.165, 1.54) is 25.8 Å². The summed E-state index contributed by atoms with van der Waals surface area (Å²) >= 11 is 5.53. The molecule has 0 radical (unpaired) electrons.